The van der Waals surface area contributed by atoms with Crippen molar-refractivity contribution in [2.45, 2.75) is 20.4 Å². The van der Waals surface area contributed by atoms with Crippen molar-refractivity contribution in [3.63, 3.8) is 0 Å². The third kappa shape index (κ3) is 2.48. The average molecular weight is 247 g/mol. The first kappa shape index (κ1) is 12.1. The van der Waals surface area contributed by atoms with Crippen molar-refractivity contribution in [1.82, 2.24) is 4.98 Å². The average Bonchev–Trinajstić information content (AvgIpc) is 2.66. The van der Waals surface area contributed by atoms with E-state index in [4.69, 9.17) is 4.42 Å². The summed E-state index contributed by atoms with van der Waals surface area (Å²) in [5.74, 6) is 1.28. The first-order chi connectivity index (χ1) is 8.58. The van der Waals surface area contributed by atoms with Crippen molar-refractivity contribution in [3.8, 4) is 0 Å². The highest BCUT2D eigenvalue weighted by molar-refractivity contribution is 5.60. The van der Waals surface area contributed by atoms with E-state index in [-0.39, 0.29) is 5.69 Å². The maximum atomic E-state index is 10.8. The van der Waals surface area contributed by atoms with E-state index in [1.54, 1.807) is 18.2 Å². The number of hydrogen-bond donors (Lipinski definition) is 1. The Hall–Kier alpha value is -2.37. The first-order valence-corrected chi connectivity index (χ1v) is 5.48. The molecule has 18 heavy (non-hydrogen) atoms. The fourth-order valence-electron chi connectivity index (χ4n) is 1.57. The number of nitro benzene ring substituents is 1. The van der Waals surface area contributed by atoms with E-state index in [0.717, 1.165) is 11.5 Å². The van der Waals surface area contributed by atoms with Crippen LogP contribution in [0.4, 0.5) is 11.4 Å². The van der Waals surface area contributed by atoms with Gasteiger partial charge in [-0.15, -0.1) is 0 Å². The van der Waals surface area contributed by atoms with Crippen LogP contribution in [0.3, 0.4) is 0 Å². The number of benzene rings is 1. The summed E-state index contributed by atoms with van der Waals surface area (Å²) in [4.78, 5) is 14.6. The number of aromatic nitrogens is 1. The monoisotopic (exact) mass is 247 g/mol. The molecule has 1 aromatic heterocycles. The van der Waals surface area contributed by atoms with Crippen LogP contribution in [0, 0.1) is 24.0 Å². The number of anilines is 1. The van der Waals surface area contributed by atoms with Crippen molar-refractivity contribution in [3.05, 3.63) is 51.7 Å². The molecule has 6 heteroatoms. The predicted octanol–water partition coefficient (Wildman–Crippen LogP) is 2.81. The van der Waals surface area contributed by atoms with Gasteiger partial charge in [0.25, 0.3) is 5.69 Å². The Morgan fingerprint density at radius 2 is 2.11 bits per heavy atom. The number of para-hydroxylation sites is 2. The van der Waals surface area contributed by atoms with Crippen molar-refractivity contribution in [2.75, 3.05) is 5.32 Å². The summed E-state index contributed by atoms with van der Waals surface area (Å²) < 4.78 is 5.39. The van der Waals surface area contributed by atoms with Crippen LogP contribution in [0.1, 0.15) is 17.3 Å². The number of nitrogens with one attached hydrogen (secondary N) is 1. The summed E-state index contributed by atoms with van der Waals surface area (Å²) in [6.45, 7) is 4.00. The summed E-state index contributed by atoms with van der Waals surface area (Å²) >= 11 is 0. The van der Waals surface area contributed by atoms with Crippen LogP contribution in [0.15, 0.2) is 28.7 Å². The lowest BCUT2D eigenvalue weighted by Gasteiger charge is -2.04. The third-order valence-corrected chi connectivity index (χ3v) is 2.60. The van der Waals surface area contributed by atoms with Crippen LogP contribution >= 0.6 is 0 Å². The highest BCUT2D eigenvalue weighted by Crippen LogP contribution is 2.23. The van der Waals surface area contributed by atoms with Gasteiger partial charge in [0.1, 0.15) is 11.4 Å². The zero-order valence-electron chi connectivity index (χ0n) is 10.1. The summed E-state index contributed by atoms with van der Waals surface area (Å²) in [5, 5.41) is 13.8. The zero-order chi connectivity index (χ0) is 13.1. The largest absolute Gasteiger partial charge is 0.444 e. The molecule has 0 saturated heterocycles. The van der Waals surface area contributed by atoms with Gasteiger partial charge in [0.2, 0.25) is 5.89 Å². The fourth-order valence-corrected chi connectivity index (χ4v) is 1.57. The molecule has 1 heterocycles. The molecule has 0 fully saturated rings. The van der Waals surface area contributed by atoms with Crippen LogP contribution in [0.2, 0.25) is 0 Å². The minimum absolute atomic E-state index is 0.0394. The molecule has 2 aromatic rings. The second-order valence-electron chi connectivity index (χ2n) is 3.88. The molecule has 0 spiro atoms. The van der Waals surface area contributed by atoms with Crippen LogP contribution in [0.5, 0.6) is 0 Å². The van der Waals surface area contributed by atoms with Gasteiger partial charge in [-0.1, -0.05) is 12.1 Å². The van der Waals surface area contributed by atoms with Crippen molar-refractivity contribution >= 4 is 11.4 Å². The van der Waals surface area contributed by atoms with E-state index in [1.807, 2.05) is 13.8 Å². The zero-order valence-corrected chi connectivity index (χ0v) is 10.1. The lowest BCUT2D eigenvalue weighted by molar-refractivity contribution is -0.384. The molecular weight excluding hydrogens is 234 g/mol. The smallest absolute Gasteiger partial charge is 0.292 e. The molecule has 0 bridgehead atoms. The normalized spacial score (nSPS) is 10.3. The fraction of sp³-hybridized carbons (Fsp3) is 0.250. The van der Waals surface area contributed by atoms with Crippen LogP contribution in [0.25, 0.3) is 0 Å². The molecule has 94 valence electrons. The summed E-state index contributed by atoms with van der Waals surface area (Å²) in [6, 6.07) is 6.47. The minimum atomic E-state index is -0.422. The van der Waals surface area contributed by atoms with Crippen LogP contribution < -0.4 is 5.32 Å². The first-order valence-electron chi connectivity index (χ1n) is 5.48. The van der Waals surface area contributed by atoms with Gasteiger partial charge in [0, 0.05) is 6.07 Å². The lowest BCUT2D eigenvalue weighted by atomic mass is 10.2. The number of hydrogen-bond acceptors (Lipinski definition) is 5. The predicted molar refractivity (Wildman–Crippen MR) is 66.4 cm³/mol. The second kappa shape index (κ2) is 4.87. The Labute approximate surface area is 104 Å². The van der Waals surface area contributed by atoms with E-state index in [0.29, 0.717) is 18.1 Å². The van der Waals surface area contributed by atoms with Gasteiger partial charge in [-0.2, -0.15) is 0 Å². The quantitative estimate of drug-likeness (QED) is 0.663. The van der Waals surface area contributed by atoms with E-state index in [9.17, 15) is 10.1 Å². The SMILES string of the molecule is Cc1nc(CNc2ccccc2[N+](=O)[O-])oc1C. The molecule has 0 unspecified atom stereocenters. The van der Waals surface area contributed by atoms with Crippen molar-refractivity contribution in [2.24, 2.45) is 0 Å². The number of oxazole rings is 1. The molecule has 0 saturated carbocycles. The molecule has 0 radical (unpaired) electrons. The Bertz CT molecular complexity index is 558. The van der Waals surface area contributed by atoms with Crippen molar-refractivity contribution < 1.29 is 9.34 Å². The van der Waals surface area contributed by atoms with Gasteiger partial charge in [-0.05, 0) is 19.9 Å². The Kier molecular flexibility index (Phi) is 3.27. The molecule has 0 aliphatic rings. The van der Waals surface area contributed by atoms with E-state index >= 15 is 0 Å². The Morgan fingerprint density at radius 3 is 2.72 bits per heavy atom. The van der Waals surface area contributed by atoms with E-state index < -0.39 is 4.92 Å². The molecular formula is C12H13N3O3. The van der Waals surface area contributed by atoms with E-state index in [2.05, 4.69) is 10.3 Å². The van der Waals surface area contributed by atoms with Gasteiger partial charge < -0.3 is 9.73 Å². The number of aryl methyl sites for hydroxylation is 2. The number of rotatable bonds is 4. The highest BCUT2D eigenvalue weighted by atomic mass is 16.6. The van der Waals surface area contributed by atoms with Gasteiger partial charge in [0.15, 0.2) is 0 Å². The van der Waals surface area contributed by atoms with Gasteiger partial charge in [0.05, 0.1) is 17.2 Å². The molecule has 0 aliphatic heterocycles. The Morgan fingerprint density at radius 1 is 1.39 bits per heavy atom. The minimum Gasteiger partial charge on any atom is -0.444 e. The maximum Gasteiger partial charge on any atom is 0.292 e. The number of nitrogens with zero attached hydrogens (tertiary/aromatic N) is 2. The summed E-state index contributed by atoms with van der Waals surface area (Å²) in [7, 11) is 0. The standard InChI is InChI=1S/C12H13N3O3/c1-8-9(2)18-12(14-8)7-13-10-5-3-4-6-11(10)15(16)17/h3-6,13H,7H2,1-2H3. The topological polar surface area (TPSA) is 81.2 Å². The Balaban J connectivity index is 2.13. The molecule has 6 nitrogen and oxygen atoms in total. The molecule has 0 aliphatic carbocycles. The van der Waals surface area contributed by atoms with Gasteiger partial charge >= 0.3 is 0 Å². The van der Waals surface area contributed by atoms with Crippen molar-refractivity contribution in [1.29, 1.82) is 0 Å². The summed E-state index contributed by atoms with van der Waals surface area (Å²) in [6.07, 6.45) is 0. The van der Waals surface area contributed by atoms with Crippen LogP contribution in [-0.4, -0.2) is 9.91 Å². The number of nitro groups is 1. The molecule has 1 N–H and O–H groups in total. The lowest BCUT2D eigenvalue weighted by Crippen LogP contribution is -2.02. The highest BCUT2D eigenvalue weighted by Gasteiger charge is 2.13. The molecule has 0 atom stereocenters. The molecule has 0 amide bonds. The second-order valence-corrected chi connectivity index (χ2v) is 3.88. The molecule has 2 rings (SSSR count). The van der Waals surface area contributed by atoms with E-state index in [1.165, 1.54) is 6.07 Å². The van der Waals surface area contributed by atoms with Crippen LogP contribution in [-0.2, 0) is 6.54 Å². The third-order valence-electron chi connectivity index (χ3n) is 2.60. The summed E-state index contributed by atoms with van der Waals surface area (Å²) in [5.41, 5.74) is 1.32. The molecule has 1 aromatic carbocycles. The van der Waals surface area contributed by atoms with Gasteiger partial charge in [-0.25, -0.2) is 4.98 Å². The maximum absolute atomic E-state index is 10.8. The van der Waals surface area contributed by atoms with Gasteiger partial charge in [-0.3, -0.25) is 10.1 Å².